The number of aryl methyl sites for hydroxylation is 2. The number of nitrogens with zero attached hydrogens (tertiary/aromatic N) is 2. The van der Waals surface area contributed by atoms with Crippen LogP contribution in [0.25, 0.3) is 11.4 Å². The van der Waals surface area contributed by atoms with Gasteiger partial charge in [0.25, 0.3) is 0 Å². The average Bonchev–Trinajstić information content (AvgIpc) is 2.97. The first-order chi connectivity index (χ1) is 19.6. The first-order valence-electron chi connectivity index (χ1n) is 15.5. The predicted octanol–water partition coefficient (Wildman–Crippen LogP) is 10.1. The van der Waals surface area contributed by atoms with Gasteiger partial charge in [-0.1, -0.05) is 103 Å². The molecule has 0 aliphatic carbocycles. The highest BCUT2D eigenvalue weighted by Crippen LogP contribution is 2.25. The van der Waals surface area contributed by atoms with Gasteiger partial charge in [-0.2, -0.15) is 0 Å². The van der Waals surface area contributed by atoms with Gasteiger partial charge in [0.15, 0.2) is 5.82 Å². The minimum atomic E-state index is -0.518. The number of aromatic nitrogens is 2. The van der Waals surface area contributed by atoms with Gasteiger partial charge >= 0.3 is 5.97 Å². The van der Waals surface area contributed by atoms with E-state index in [9.17, 15) is 9.18 Å². The van der Waals surface area contributed by atoms with E-state index in [2.05, 4.69) is 23.8 Å². The van der Waals surface area contributed by atoms with Crippen molar-refractivity contribution in [1.29, 1.82) is 0 Å². The van der Waals surface area contributed by atoms with Crippen LogP contribution in [0.3, 0.4) is 0 Å². The van der Waals surface area contributed by atoms with Crippen molar-refractivity contribution >= 4 is 5.97 Å². The molecule has 0 unspecified atom stereocenters. The molecule has 0 aliphatic heterocycles. The first kappa shape index (κ1) is 31.4. The van der Waals surface area contributed by atoms with Gasteiger partial charge in [-0.3, -0.25) is 0 Å². The largest absolute Gasteiger partial charge is 0.423 e. The Bertz CT molecular complexity index is 1130. The van der Waals surface area contributed by atoms with Gasteiger partial charge in [0.2, 0.25) is 0 Å². The molecule has 0 spiro atoms. The summed E-state index contributed by atoms with van der Waals surface area (Å²) in [7, 11) is 0. The lowest BCUT2D eigenvalue weighted by Gasteiger charge is -2.08. The molecule has 1 heterocycles. The van der Waals surface area contributed by atoms with Crippen LogP contribution in [0.4, 0.5) is 4.39 Å². The summed E-state index contributed by atoms with van der Waals surface area (Å²) in [5.41, 5.74) is 3.02. The predicted molar refractivity (Wildman–Crippen MR) is 162 cm³/mol. The molecule has 2 aromatic carbocycles. The Kier molecular flexibility index (Phi) is 14.4. The molecule has 0 saturated carbocycles. The van der Waals surface area contributed by atoms with E-state index in [0.29, 0.717) is 11.4 Å². The summed E-state index contributed by atoms with van der Waals surface area (Å²) in [6, 6.07) is 11.9. The van der Waals surface area contributed by atoms with Crippen LogP contribution in [0.2, 0.25) is 0 Å². The molecule has 0 atom stereocenters. The summed E-state index contributed by atoms with van der Waals surface area (Å²) in [5, 5.41) is 0. The highest BCUT2D eigenvalue weighted by molar-refractivity contribution is 5.91. The van der Waals surface area contributed by atoms with E-state index < -0.39 is 11.8 Å². The maximum Gasteiger partial charge on any atom is 0.343 e. The van der Waals surface area contributed by atoms with Crippen LogP contribution in [-0.2, 0) is 12.8 Å². The average molecular weight is 547 g/mol. The van der Waals surface area contributed by atoms with Gasteiger partial charge in [0.1, 0.15) is 11.6 Å². The molecule has 216 valence electrons. The molecule has 0 N–H and O–H groups in total. The van der Waals surface area contributed by atoms with Crippen molar-refractivity contribution in [3.05, 3.63) is 77.4 Å². The molecule has 4 nitrogen and oxygen atoms in total. The van der Waals surface area contributed by atoms with E-state index in [1.165, 1.54) is 88.7 Å². The smallest absolute Gasteiger partial charge is 0.343 e. The normalized spacial score (nSPS) is 11.1. The van der Waals surface area contributed by atoms with Crippen molar-refractivity contribution in [1.82, 2.24) is 9.97 Å². The topological polar surface area (TPSA) is 52.1 Å². The van der Waals surface area contributed by atoms with Crippen molar-refractivity contribution in [2.75, 3.05) is 0 Å². The highest BCUT2D eigenvalue weighted by atomic mass is 19.1. The second kappa shape index (κ2) is 18.3. The molecule has 0 radical (unpaired) electrons. The zero-order valence-electron chi connectivity index (χ0n) is 24.6. The van der Waals surface area contributed by atoms with E-state index in [1.807, 2.05) is 12.1 Å². The van der Waals surface area contributed by atoms with Crippen LogP contribution in [-0.4, -0.2) is 15.9 Å². The van der Waals surface area contributed by atoms with E-state index in [0.717, 1.165) is 31.2 Å². The fourth-order valence-electron chi connectivity index (χ4n) is 4.91. The number of rotatable bonds is 19. The second-order valence-corrected chi connectivity index (χ2v) is 10.9. The summed E-state index contributed by atoms with van der Waals surface area (Å²) in [6.07, 6.45) is 23.3. The van der Waals surface area contributed by atoms with Gasteiger partial charge in [-0.25, -0.2) is 19.2 Å². The Morgan fingerprint density at radius 2 is 1.20 bits per heavy atom. The minimum Gasteiger partial charge on any atom is -0.423 e. The lowest BCUT2D eigenvalue weighted by molar-refractivity contribution is 0.0734. The third-order valence-corrected chi connectivity index (χ3v) is 7.42. The number of ether oxygens (including phenoxy) is 1. The lowest BCUT2D eigenvalue weighted by Crippen LogP contribution is -2.09. The third kappa shape index (κ3) is 11.2. The van der Waals surface area contributed by atoms with Gasteiger partial charge in [-0.15, -0.1) is 0 Å². The van der Waals surface area contributed by atoms with Crippen LogP contribution in [0, 0.1) is 5.82 Å². The number of benzene rings is 2. The Labute approximate surface area is 240 Å². The standard InChI is InChI=1S/C35H47FN2O2/c1-3-5-7-9-11-12-14-16-18-29-26-37-34(38-27-29)32-24-23-31(25-33(32)36)40-35(39)30-21-19-28(20-22-30)17-15-13-10-8-6-4-2/h19-27H,3-18H2,1-2H3. The maximum atomic E-state index is 14.9. The molecule has 0 bridgehead atoms. The van der Waals surface area contributed by atoms with E-state index in [4.69, 9.17) is 4.74 Å². The van der Waals surface area contributed by atoms with Crippen LogP contribution >= 0.6 is 0 Å². The number of carbonyl (C=O) groups is 1. The van der Waals surface area contributed by atoms with Gasteiger partial charge in [0, 0.05) is 18.5 Å². The first-order valence-corrected chi connectivity index (χ1v) is 15.5. The van der Waals surface area contributed by atoms with Crippen molar-refractivity contribution in [2.45, 2.75) is 117 Å². The van der Waals surface area contributed by atoms with E-state index in [1.54, 1.807) is 36.7 Å². The number of carbonyl (C=O) groups excluding carboxylic acids is 1. The minimum absolute atomic E-state index is 0.161. The number of hydrogen-bond donors (Lipinski definition) is 0. The van der Waals surface area contributed by atoms with Gasteiger partial charge < -0.3 is 4.74 Å². The fourth-order valence-corrected chi connectivity index (χ4v) is 4.91. The summed E-state index contributed by atoms with van der Waals surface area (Å²) < 4.78 is 20.3. The zero-order chi connectivity index (χ0) is 28.4. The van der Waals surface area contributed by atoms with Crippen LogP contribution in [0.1, 0.15) is 125 Å². The molecule has 0 aliphatic rings. The van der Waals surface area contributed by atoms with Crippen molar-refractivity contribution in [3.63, 3.8) is 0 Å². The van der Waals surface area contributed by atoms with Crippen molar-refractivity contribution < 1.29 is 13.9 Å². The molecule has 5 heteroatoms. The molecule has 40 heavy (non-hydrogen) atoms. The number of unbranched alkanes of at least 4 members (excludes halogenated alkanes) is 12. The zero-order valence-corrected chi connectivity index (χ0v) is 24.6. The molecule has 3 aromatic rings. The Hall–Kier alpha value is -3.08. The monoisotopic (exact) mass is 546 g/mol. The molecule has 1 aromatic heterocycles. The Morgan fingerprint density at radius 1 is 0.675 bits per heavy atom. The number of halogens is 1. The molecular formula is C35H47FN2O2. The lowest BCUT2D eigenvalue weighted by atomic mass is 10.0. The fraction of sp³-hybridized carbons (Fsp3) is 0.514. The van der Waals surface area contributed by atoms with Crippen LogP contribution in [0.5, 0.6) is 5.75 Å². The highest BCUT2D eigenvalue weighted by Gasteiger charge is 2.13. The summed E-state index contributed by atoms with van der Waals surface area (Å²) in [6.45, 7) is 4.47. The van der Waals surface area contributed by atoms with Crippen molar-refractivity contribution in [2.24, 2.45) is 0 Å². The Morgan fingerprint density at radius 3 is 1.75 bits per heavy atom. The summed E-state index contributed by atoms with van der Waals surface area (Å²) >= 11 is 0. The molecule has 0 fully saturated rings. The van der Waals surface area contributed by atoms with Crippen molar-refractivity contribution in [3.8, 4) is 17.1 Å². The molecule has 0 saturated heterocycles. The van der Waals surface area contributed by atoms with Crippen LogP contribution in [0.15, 0.2) is 54.9 Å². The number of esters is 1. The van der Waals surface area contributed by atoms with Crippen LogP contribution < -0.4 is 4.74 Å². The molecular weight excluding hydrogens is 499 g/mol. The Balaban J connectivity index is 1.44. The van der Waals surface area contributed by atoms with E-state index >= 15 is 0 Å². The molecule has 3 rings (SSSR count). The SMILES string of the molecule is CCCCCCCCCCc1cnc(-c2ccc(OC(=O)c3ccc(CCCCCCCC)cc3)cc2F)nc1. The van der Waals surface area contributed by atoms with Gasteiger partial charge in [0.05, 0.1) is 11.1 Å². The molecule has 0 amide bonds. The van der Waals surface area contributed by atoms with E-state index in [-0.39, 0.29) is 11.3 Å². The summed E-state index contributed by atoms with van der Waals surface area (Å²) in [5.74, 6) is -0.528. The summed E-state index contributed by atoms with van der Waals surface area (Å²) in [4.78, 5) is 21.4. The second-order valence-electron chi connectivity index (χ2n) is 10.9. The maximum absolute atomic E-state index is 14.9. The number of hydrogen-bond acceptors (Lipinski definition) is 4. The third-order valence-electron chi connectivity index (χ3n) is 7.42. The quantitative estimate of drug-likeness (QED) is 0.0852. The van der Waals surface area contributed by atoms with Gasteiger partial charge in [-0.05, 0) is 61.1 Å².